The Labute approximate surface area is 206 Å². The average molecular weight is 470 g/mol. The number of anilines is 3. The number of phenols is 3. The van der Waals surface area contributed by atoms with Crippen molar-refractivity contribution in [1.82, 2.24) is 0 Å². The minimum Gasteiger partial charge on any atom is -0.508 e. The third-order valence-electron chi connectivity index (χ3n) is 6.40. The highest BCUT2D eigenvalue weighted by molar-refractivity contribution is 5.85. The molecule has 4 aromatic rings. The molecular weight excluding hydrogens is 438 g/mol. The summed E-state index contributed by atoms with van der Waals surface area (Å²) in [5.74, 6) is 1.94. The lowest BCUT2D eigenvalue weighted by molar-refractivity contribution is 0.458. The van der Waals surface area contributed by atoms with Crippen LogP contribution in [0.1, 0.15) is 33.4 Å². The highest BCUT2D eigenvalue weighted by Crippen LogP contribution is 2.46. The largest absolute Gasteiger partial charge is 0.508 e. The molecule has 0 radical (unpaired) electrons. The third kappa shape index (κ3) is 4.50. The van der Waals surface area contributed by atoms with Crippen molar-refractivity contribution in [2.45, 2.75) is 41.5 Å². The van der Waals surface area contributed by atoms with E-state index < -0.39 is 0 Å². The Kier molecular flexibility index (Phi) is 6.35. The lowest BCUT2D eigenvalue weighted by Gasteiger charge is -2.32. The van der Waals surface area contributed by atoms with Crippen molar-refractivity contribution in [2.75, 3.05) is 4.90 Å². The predicted molar refractivity (Wildman–Crippen MR) is 141 cm³/mol. The summed E-state index contributed by atoms with van der Waals surface area (Å²) in [4.78, 5) is 2.07. The summed E-state index contributed by atoms with van der Waals surface area (Å²) in [6.45, 7) is 11.6. The molecule has 0 spiro atoms. The summed E-state index contributed by atoms with van der Waals surface area (Å²) in [6.07, 6.45) is 0. The number of ether oxygens (including phenoxy) is 1. The fourth-order valence-electron chi connectivity index (χ4n) is 4.60. The molecule has 0 atom stereocenters. The summed E-state index contributed by atoms with van der Waals surface area (Å²) in [5.41, 5.74) is 7.63. The van der Waals surface area contributed by atoms with Crippen molar-refractivity contribution in [3.05, 3.63) is 94.0 Å². The quantitative estimate of drug-likeness (QED) is 0.277. The van der Waals surface area contributed by atoms with E-state index >= 15 is 0 Å². The number of benzene rings is 4. The molecule has 0 aliphatic carbocycles. The molecular formula is C30H31NO4. The Morgan fingerprint density at radius 3 is 1.63 bits per heavy atom. The van der Waals surface area contributed by atoms with Gasteiger partial charge in [-0.2, -0.15) is 0 Å². The molecule has 0 heterocycles. The van der Waals surface area contributed by atoms with E-state index in [0.29, 0.717) is 11.5 Å². The lowest BCUT2D eigenvalue weighted by Crippen LogP contribution is -2.15. The molecule has 0 saturated heterocycles. The first-order valence-corrected chi connectivity index (χ1v) is 11.5. The van der Waals surface area contributed by atoms with Crippen LogP contribution in [0.4, 0.5) is 17.1 Å². The maximum Gasteiger partial charge on any atom is 0.133 e. The van der Waals surface area contributed by atoms with Crippen LogP contribution in [0, 0.1) is 41.5 Å². The summed E-state index contributed by atoms with van der Waals surface area (Å²) >= 11 is 0. The van der Waals surface area contributed by atoms with Gasteiger partial charge in [-0.1, -0.05) is 18.2 Å². The van der Waals surface area contributed by atoms with Gasteiger partial charge in [-0.3, -0.25) is 0 Å². The Balaban J connectivity index is 1.93. The van der Waals surface area contributed by atoms with Gasteiger partial charge in [0.1, 0.15) is 28.7 Å². The van der Waals surface area contributed by atoms with Gasteiger partial charge >= 0.3 is 0 Å². The number of aromatic hydroxyl groups is 3. The van der Waals surface area contributed by atoms with Crippen molar-refractivity contribution in [2.24, 2.45) is 0 Å². The van der Waals surface area contributed by atoms with E-state index in [4.69, 9.17) is 4.74 Å². The molecule has 0 aliphatic heterocycles. The first-order chi connectivity index (χ1) is 16.6. The molecule has 5 nitrogen and oxygen atoms in total. The van der Waals surface area contributed by atoms with E-state index in [9.17, 15) is 15.3 Å². The molecule has 0 amide bonds. The Morgan fingerprint density at radius 1 is 0.600 bits per heavy atom. The molecule has 0 bridgehead atoms. The van der Waals surface area contributed by atoms with Gasteiger partial charge in [0.15, 0.2) is 0 Å². The number of phenolic OH excluding ortho intramolecular Hbond substituents is 3. The molecule has 5 heteroatoms. The van der Waals surface area contributed by atoms with E-state index in [2.05, 4.69) is 4.90 Å². The molecule has 0 saturated carbocycles. The van der Waals surface area contributed by atoms with Crippen LogP contribution in [0.3, 0.4) is 0 Å². The van der Waals surface area contributed by atoms with Crippen LogP contribution in [0.25, 0.3) is 0 Å². The van der Waals surface area contributed by atoms with Gasteiger partial charge in [0.25, 0.3) is 0 Å². The van der Waals surface area contributed by atoms with Gasteiger partial charge in [-0.25, -0.2) is 0 Å². The zero-order valence-corrected chi connectivity index (χ0v) is 21.0. The Hall–Kier alpha value is -4.12. The molecule has 4 aromatic carbocycles. The van der Waals surface area contributed by atoms with Crippen LogP contribution in [-0.4, -0.2) is 15.3 Å². The normalized spacial score (nSPS) is 10.9. The van der Waals surface area contributed by atoms with Gasteiger partial charge in [0.2, 0.25) is 0 Å². The fourth-order valence-corrected chi connectivity index (χ4v) is 4.60. The first kappa shape index (κ1) is 24.0. The molecule has 0 aliphatic rings. The maximum atomic E-state index is 10.6. The Bertz CT molecular complexity index is 1340. The number of hydrogen-bond acceptors (Lipinski definition) is 5. The number of aryl methyl sites for hydroxylation is 4. The molecule has 0 aromatic heterocycles. The summed E-state index contributed by atoms with van der Waals surface area (Å²) in [5, 5.41) is 31.0. The predicted octanol–water partition coefficient (Wildman–Crippen LogP) is 7.92. The summed E-state index contributed by atoms with van der Waals surface area (Å²) < 4.78 is 6.29. The molecule has 0 unspecified atom stereocenters. The zero-order chi connectivity index (χ0) is 25.4. The third-order valence-corrected chi connectivity index (χ3v) is 6.40. The van der Waals surface area contributed by atoms with Crippen LogP contribution in [0.5, 0.6) is 28.7 Å². The van der Waals surface area contributed by atoms with Crippen molar-refractivity contribution >= 4 is 17.1 Å². The molecule has 3 N–H and O–H groups in total. The smallest absolute Gasteiger partial charge is 0.133 e. The van der Waals surface area contributed by atoms with E-state index in [1.54, 1.807) is 24.3 Å². The average Bonchev–Trinajstić information content (AvgIpc) is 2.80. The minimum atomic E-state index is 0.203. The van der Waals surface area contributed by atoms with E-state index in [1.165, 1.54) is 0 Å². The molecule has 0 fully saturated rings. The number of nitrogens with zero attached hydrogens (tertiary/aromatic N) is 1. The second kappa shape index (κ2) is 9.26. The van der Waals surface area contributed by atoms with Crippen LogP contribution in [0.2, 0.25) is 0 Å². The van der Waals surface area contributed by atoms with Gasteiger partial charge in [0.05, 0.1) is 11.4 Å². The first-order valence-electron chi connectivity index (χ1n) is 11.5. The second-order valence-corrected chi connectivity index (χ2v) is 9.09. The number of rotatable bonds is 5. The molecule has 180 valence electrons. The monoisotopic (exact) mass is 469 g/mol. The highest BCUT2D eigenvalue weighted by atomic mass is 16.5. The van der Waals surface area contributed by atoms with Crippen molar-refractivity contribution < 1.29 is 20.1 Å². The van der Waals surface area contributed by atoms with Crippen LogP contribution in [-0.2, 0) is 0 Å². The minimum absolute atomic E-state index is 0.203. The van der Waals surface area contributed by atoms with Gasteiger partial charge < -0.3 is 25.0 Å². The highest BCUT2D eigenvalue weighted by Gasteiger charge is 2.23. The van der Waals surface area contributed by atoms with Crippen molar-refractivity contribution in [3.63, 3.8) is 0 Å². The lowest BCUT2D eigenvalue weighted by atomic mass is 10.0. The molecule has 4 rings (SSSR count). The van der Waals surface area contributed by atoms with Gasteiger partial charge in [-0.15, -0.1) is 0 Å². The van der Waals surface area contributed by atoms with Gasteiger partial charge in [-0.05, 0) is 100 Å². The maximum absolute atomic E-state index is 10.6. The molecule has 35 heavy (non-hydrogen) atoms. The summed E-state index contributed by atoms with van der Waals surface area (Å²) in [7, 11) is 0. The topological polar surface area (TPSA) is 73.2 Å². The summed E-state index contributed by atoms with van der Waals surface area (Å²) in [6, 6.07) is 18.3. The van der Waals surface area contributed by atoms with E-state index in [0.717, 1.165) is 50.4 Å². The standard InChI is InChI=1S/C30H31NO4/c1-17-10-12-26(33)21(5)28(17)31(29-18(2)11-13-27(34)22(29)6)23-8-7-9-25(16-23)35-30-19(3)14-24(32)15-20(30)4/h7-16,32-34H,1-6H3. The van der Waals surface area contributed by atoms with Crippen LogP contribution in [0.15, 0.2) is 60.7 Å². The van der Waals surface area contributed by atoms with Crippen molar-refractivity contribution in [1.29, 1.82) is 0 Å². The second-order valence-electron chi connectivity index (χ2n) is 9.09. The zero-order valence-electron chi connectivity index (χ0n) is 21.0. The number of hydrogen-bond donors (Lipinski definition) is 3. The van der Waals surface area contributed by atoms with Crippen LogP contribution < -0.4 is 9.64 Å². The van der Waals surface area contributed by atoms with E-state index in [1.807, 2.05) is 77.9 Å². The van der Waals surface area contributed by atoms with Crippen LogP contribution >= 0.6 is 0 Å². The van der Waals surface area contributed by atoms with Gasteiger partial charge in [0, 0.05) is 22.9 Å². The SMILES string of the molecule is Cc1cc(O)cc(C)c1Oc1cccc(N(c2c(C)ccc(O)c2C)c2c(C)ccc(O)c2C)c1. The fraction of sp³-hybridized carbons (Fsp3) is 0.200. The van der Waals surface area contributed by atoms with E-state index in [-0.39, 0.29) is 17.2 Å². The Morgan fingerprint density at radius 2 is 1.11 bits per heavy atom. The van der Waals surface area contributed by atoms with Crippen molar-refractivity contribution in [3.8, 4) is 28.7 Å².